The van der Waals surface area contributed by atoms with Crippen molar-refractivity contribution in [1.29, 1.82) is 0 Å². The molecule has 0 aliphatic carbocycles. The van der Waals surface area contributed by atoms with Crippen molar-refractivity contribution in [3.8, 4) is 11.1 Å². The number of benzene rings is 2. The second-order valence-corrected chi connectivity index (χ2v) is 5.08. The summed E-state index contributed by atoms with van der Waals surface area (Å²) in [6, 6.07) is 13.1. The molecule has 0 aliphatic heterocycles. The standard InChI is InChI=1S/C18H12O3/c1-11-9-20-15-8-7-13-17(19)14(10-21-18(13)16(11)15)12-5-3-2-4-6-12/h2-10H,1H3. The first kappa shape index (κ1) is 12.0. The topological polar surface area (TPSA) is 43.4 Å². The van der Waals surface area contributed by atoms with Crippen LogP contribution in [0.3, 0.4) is 0 Å². The van der Waals surface area contributed by atoms with Gasteiger partial charge in [-0.1, -0.05) is 30.3 Å². The number of fused-ring (bicyclic) bond motifs is 3. The van der Waals surface area contributed by atoms with Crippen LogP contribution in [-0.4, -0.2) is 0 Å². The van der Waals surface area contributed by atoms with Crippen LogP contribution in [0.2, 0.25) is 0 Å². The lowest BCUT2D eigenvalue weighted by Crippen LogP contribution is -2.04. The van der Waals surface area contributed by atoms with E-state index in [4.69, 9.17) is 8.83 Å². The lowest BCUT2D eigenvalue weighted by molar-refractivity contribution is 0.604. The zero-order valence-electron chi connectivity index (χ0n) is 11.4. The molecule has 4 aromatic rings. The van der Waals surface area contributed by atoms with Crippen LogP contribution in [0.4, 0.5) is 0 Å². The lowest BCUT2D eigenvalue weighted by atomic mass is 10.0. The molecule has 21 heavy (non-hydrogen) atoms. The fourth-order valence-corrected chi connectivity index (χ4v) is 2.68. The quantitative estimate of drug-likeness (QED) is 0.513. The zero-order valence-corrected chi connectivity index (χ0v) is 11.4. The fraction of sp³-hybridized carbons (Fsp3) is 0.0556. The van der Waals surface area contributed by atoms with Crippen molar-refractivity contribution in [3.63, 3.8) is 0 Å². The summed E-state index contributed by atoms with van der Waals surface area (Å²) in [6.07, 6.45) is 3.21. The summed E-state index contributed by atoms with van der Waals surface area (Å²) in [5.74, 6) is 0. The summed E-state index contributed by atoms with van der Waals surface area (Å²) < 4.78 is 11.2. The maximum Gasteiger partial charge on any atom is 0.200 e. The predicted octanol–water partition coefficient (Wildman–Crippen LogP) is 4.51. The van der Waals surface area contributed by atoms with Gasteiger partial charge in [-0.05, 0) is 30.2 Å². The van der Waals surface area contributed by atoms with E-state index in [2.05, 4.69) is 0 Å². The molecule has 0 spiro atoms. The minimum absolute atomic E-state index is 0.0232. The second-order valence-electron chi connectivity index (χ2n) is 5.08. The number of hydrogen-bond acceptors (Lipinski definition) is 3. The molecular weight excluding hydrogens is 264 g/mol. The maximum absolute atomic E-state index is 12.7. The molecule has 3 heteroatoms. The Morgan fingerprint density at radius 2 is 1.71 bits per heavy atom. The first-order chi connectivity index (χ1) is 10.3. The molecule has 0 fully saturated rings. The highest BCUT2D eigenvalue weighted by molar-refractivity contribution is 6.04. The van der Waals surface area contributed by atoms with Gasteiger partial charge in [0.1, 0.15) is 17.4 Å². The maximum atomic E-state index is 12.7. The molecular formula is C18H12O3. The van der Waals surface area contributed by atoms with E-state index < -0.39 is 0 Å². The van der Waals surface area contributed by atoms with Crippen LogP contribution in [0.5, 0.6) is 0 Å². The Balaban J connectivity index is 2.11. The van der Waals surface area contributed by atoms with Gasteiger partial charge in [0.05, 0.1) is 22.6 Å². The van der Waals surface area contributed by atoms with Crippen LogP contribution in [0, 0.1) is 6.92 Å². The van der Waals surface area contributed by atoms with Crippen molar-refractivity contribution in [2.75, 3.05) is 0 Å². The molecule has 102 valence electrons. The van der Waals surface area contributed by atoms with Crippen molar-refractivity contribution in [1.82, 2.24) is 0 Å². The minimum atomic E-state index is -0.0232. The molecule has 0 saturated heterocycles. The van der Waals surface area contributed by atoms with E-state index >= 15 is 0 Å². The van der Waals surface area contributed by atoms with Gasteiger partial charge in [0.15, 0.2) is 0 Å². The van der Waals surface area contributed by atoms with E-state index in [9.17, 15) is 4.79 Å². The molecule has 3 nitrogen and oxygen atoms in total. The van der Waals surface area contributed by atoms with Gasteiger partial charge in [0.2, 0.25) is 5.43 Å². The van der Waals surface area contributed by atoms with Gasteiger partial charge >= 0.3 is 0 Å². The Morgan fingerprint density at radius 1 is 0.905 bits per heavy atom. The van der Waals surface area contributed by atoms with Crippen LogP contribution < -0.4 is 5.43 Å². The van der Waals surface area contributed by atoms with Crippen LogP contribution in [0.25, 0.3) is 33.1 Å². The molecule has 4 rings (SSSR count). The molecule has 0 amide bonds. The predicted molar refractivity (Wildman–Crippen MR) is 82.4 cm³/mol. The number of aryl methyl sites for hydroxylation is 1. The zero-order chi connectivity index (χ0) is 14.4. The summed E-state index contributed by atoms with van der Waals surface area (Å²) in [4.78, 5) is 12.7. The van der Waals surface area contributed by atoms with Crippen molar-refractivity contribution >= 4 is 21.9 Å². The third-order valence-corrected chi connectivity index (χ3v) is 3.75. The van der Waals surface area contributed by atoms with Crippen molar-refractivity contribution in [2.24, 2.45) is 0 Å². The monoisotopic (exact) mass is 276 g/mol. The van der Waals surface area contributed by atoms with E-state index in [1.54, 1.807) is 12.3 Å². The summed E-state index contributed by atoms with van der Waals surface area (Å²) in [7, 11) is 0. The molecule has 0 atom stereocenters. The largest absolute Gasteiger partial charge is 0.464 e. The molecule has 0 bridgehead atoms. The van der Waals surface area contributed by atoms with Gasteiger partial charge in [-0.25, -0.2) is 0 Å². The number of rotatable bonds is 1. The van der Waals surface area contributed by atoms with Crippen LogP contribution in [-0.2, 0) is 0 Å². The highest BCUT2D eigenvalue weighted by Crippen LogP contribution is 2.29. The Kier molecular flexibility index (Phi) is 2.48. The average molecular weight is 276 g/mol. The van der Waals surface area contributed by atoms with E-state index in [1.165, 1.54) is 6.26 Å². The smallest absolute Gasteiger partial charge is 0.200 e. The van der Waals surface area contributed by atoms with Crippen molar-refractivity contribution in [3.05, 3.63) is 70.8 Å². The Morgan fingerprint density at radius 3 is 2.52 bits per heavy atom. The number of hydrogen-bond donors (Lipinski definition) is 0. The second kappa shape index (κ2) is 4.35. The summed E-state index contributed by atoms with van der Waals surface area (Å²) in [5, 5.41) is 1.44. The molecule has 2 aromatic heterocycles. The first-order valence-corrected chi connectivity index (χ1v) is 6.73. The van der Waals surface area contributed by atoms with E-state index in [0.29, 0.717) is 16.5 Å². The molecule has 2 heterocycles. The van der Waals surface area contributed by atoms with Gasteiger partial charge in [0.25, 0.3) is 0 Å². The molecule has 2 aromatic carbocycles. The molecule has 0 saturated carbocycles. The molecule has 0 radical (unpaired) electrons. The van der Waals surface area contributed by atoms with E-state index in [-0.39, 0.29) is 5.43 Å². The molecule has 0 unspecified atom stereocenters. The normalized spacial score (nSPS) is 11.3. The van der Waals surface area contributed by atoms with Gasteiger partial charge in [0, 0.05) is 0 Å². The summed E-state index contributed by atoms with van der Waals surface area (Å²) in [5.41, 5.74) is 3.69. The van der Waals surface area contributed by atoms with Gasteiger partial charge in [-0.2, -0.15) is 0 Å². The van der Waals surface area contributed by atoms with E-state index in [1.807, 2.05) is 43.3 Å². The Hall–Kier alpha value is -2.81. The van der Waals surface area contributed by atoms with Crippen LogP contribution in [0.1, 0.15) is 5.56 Å². The third kappa shape index (κ3) is 1.71. The molecule has 0 aliphatic rings. The number of furan rings is 1. The molecule has 0 N–H and O–H groups in total. The SMILES string of the molecule is Cc1coc2ccc3c(=O)c(-c4ccccc4)coc3c12. The van der Waals surface area contributed by atoms with Crippen LogP contribution in [0.15, 0.2) is 68.6 Å². The minimum Gasteiger partial charge on any atom is -0.464 e. The third-order valence-electron chi connectivity index (χ3n) is 3.75. The highest BCUT2D eigenvalue weighted by Gasteiger charge is 2.14. The van der Waals surface area contributed by atoms with Gasteiger partial charge in [-0.3, -0.25) is 4.79 Å². The van der Waals surface area contributed by atoms with Gasteiger partial charge in [-0.15, -0.1) is 0 Å². The van der Waals surface area contributed by atoms with Crippen molar-refractivity contribution < 1.29 is 8.83 Å². The summed E-state index contributed by atoms with van der Waals surface area (Å²) in [6.45, 7) is 1.94. The fourth-order valence-electron chi connectivity index (χ4n) is 2.68. The van der Waals surface area contributed by atoms with E-state index in [0.717, 1.165) is 22.1 Å². The first-order valence-electron chi connectivity index (χ1n) is 6.73. The average Bonchev–Trinajstić information content (AvgIpc) is 2.90. The van der Waals surface area contributed by atoms with Gasteiger partial charge < -0.3 is 8.83 Å². The Labute approximate surface area is 120 Å². The highest BCUT2D eigenvalue weighted by atomic mass is 16.3. The van der Waals surface area contributed by atoms with Crippen LogP contribution >= 0.6 is 0 Å². The van der Waals surface area contributed by atoms with Crippen molar-refractivity contribution in [2.45, 2.75) is 6.92 Å². The Bertz CT molecular complexity index is 1010. The lowest BCUT2D eigenvalue weighted by Gasteiger charge is -2.03. The summed E-state index contributed by atoms with van der Waals surface area (Å²) >= 11 is 0.